The second-order valence-corrected chi connectivity index (χ2v) is 6.51. The van der Waals surface area contributed by atoms with Crippen LogP contribution in [0, 0.1) is 0 Å². The van der Waals surface area contributed by atoms with Crippen molar-refractivity contribution < 1.29 is 9.64 Å². The SMILES string of the molecule is COc1ccccc1[C@H](CNc1ncnc2sccc12)[NH+](C)C. The van der Waals surface area contributed by atoms with Crippen LogP contribution in [0.3, 0.4) is 0 Å². The molecule has 3 rings (SSSR count). The van der Waals surface area contributed by atoms with E-state index >= 15 is 0 Å². The van der Waals surface area contributed by atoms with Crippen molar-refractivity contribution in [2.75, 3.05) is 33.1 Å². The number of quaternary nitrogens is 1. The van der Waals surface area contributed by atoms with E-state index in [9.17, 15) is 0 Å². The number of aromatic nitrogens is 2. The summed E-state index contributed by atoms with van der Waals surface area (Å²) >= 11 is 1.63. The predicted molar refractivity (Wildman–Crippen MR) is 94.5 cm³/mol. The predicted octanol–water partition coefficient (Wildman–Crippen LogP) is 2.00. The summed E-state index contributed by atoms with van der Waals surface area (Å²) in [5.74, 6) is 1.81. The minimum absolute atomic E-state index is 0.259. The molecule has 0 fully saturated rings. The first kappa shape index (κ1) is 15.7. The molecule has 2 heterocycles. The maximum Gasteiger partial charge on any atom is 0.138 e. The molecular formula is C17H21N4OS+. The molecule has 2 N–H and O–H groups in total. The average Bonchev–Trinajstić information content (AvgIpc) is 3.04. The zero-order valence-electron chi connectivity index (χ0n) is 13.5. The molecule has 0 saturated heterocycles. The average molecular weight is 329 g/mol. The minimum atomic E-state index is 0.259. The summed E-state index contributed by atoms with van der Waals surface area (Å²) in [5, 5.41) is 6.60. The Labute approximate surface area is 139 Å². The van der Waals surface area contributed by atoms with Crippen LogP contribution < -0.4 is 15.0 Å². The Morgan fingerprint density at radius 2 is 2.04 bits per heavy atom. The molecule has 23 heavy (non-hydrogen) atoms. The van der Waals surface area contributed by atoms with E-state index < -0.39 is 0 Å². The van der Waals surface area contributed by atoms with E-state index in [4.69, 9.17) is 4.74 Å². The Balaban J connectivity index is 1.85. The minimum Gasteiger partial charge on any atom is -0.496 e. The van der Waals surface area contributed by atoms with E-state index in [0.717, 1.165) is 28.3 Å². The van der Waals surface area contributed by atoms with E-state index in [0.29, 0.717) is 0 Å². The van der Waals surface area contributed by atoms with Gasteiger partial charge >= 0.3 is 0 Å². The van der Waals surface area contributed by atoms with E-state index in [1.807, 2.05) is 17.5 Å². The molecule has 0 radical (unpaired) electrons. The quantitative estimate of drug-likeness (QED) is 0.726. The molecule has 0 unspecified atom stereocenters. The first-order valence-electron chi connectivity index (χ1n) is 7.55. The van der Waals surface area contributed by atoms with Gasteiger partial charge in [-0.2, -0.15) is 0 Å². The van der Waals surface area contributed by atoms with Crippen molar-refractivity contribution in [2.24, 2.45) is 0 Å². The topological polar surface area (TPSA) is 51.5 Å². The molecule has 0 aliphatic rings. The third kappa shape index (κ3) is 3.28. The van der Waals surface area contributed by atoms with Crippen LogP contribution in [-0.2, 0) is 0 Å². The van der Waals surface area contributed by atoms with Gasteiger partial charge in [-0.15, -0.1) is 11.3 Å². The molecule has 0 saturated carbocycles. The molecule has 3 aromatic rings. The van der Waals surface area contributed by atoms with Crippen LogP contribution in [0.5, 0.6) is 5.75 Å². The molecular weight excluding hydrogens is 308 g/mol. The van der Waals surface area contributed by atoms with Crippen LogP contribution in [-0.4, -0.2) is 37.7 Å². The fraction of sp³-hybridized carbons (Fsp3) is 0.294. The van der Waals surface area contributed by atoms with Gasteiger partial charge in [0.15, 0.2) is 0 Å². The number of methoxy groups -OCH3 is 1. The Hall–Kier alpha value is -2.18. The number of nitrogens with one attached hydrogen (secondary N) is 2. The normalized spacial score (nSPS) is 12.5. The fourth-order valence-corrected chi connectivity index (χ4v) is 3.44. The number of rotatable bonds is 6. The lowest BCUT2D eigenvalue weighted by molar-refractivity contribution is -0.890. The second-order valence-electron chi connectivity index (χ2n) is 5.61. The van der Waals surface area contributed by atoms with Crippen LogP contribution in [0.15, 0.2) is 42.0 Å². The number of nitrogens with zero attached hydrogens (tertiary/aromatic N) is 2. The van der Waals surface area contributed by atoms with Gasteiger partial charge in [0.25, 0.3) is 0 Å². The number of fused-ring (bicyclic) bond motifs is 1. The largest absolute Gasteiger partial charge is 0.496 e. The number of ether oxygens (including phenoxy) is 1. The number of likely N-dealkylation sites (N-methyl/N-ethyl adjacent to an activating group) is 1. The third-order valence-electron chi connectivity index (χ3n) is 3.95. The van der Waals surface area contributed by atoms with Gasteiger partial charge in [0.1, 0.15) is 28.8 Å². The monoisotopic (exact) mass is 329 g/mol. The third-order valence-corrected chi connectivity index (χ3v) is 4.77. The number of anilines is 1. The van der Waals surface area contributed by atoms with Gasteiger partial charge in [0.05, 0.1) is 38.7 Å². The van der Waals surface area contributed by atoms with Gasteiger partial charge in [-0.25, -0.2) is 9.97 Å². The lowest BCUT2D eigenvalue weighted by Gasteiger charge is -2.24. The molecule has 0 amide bonds. The van der Waals surface area contributed by atoms with Gasteiger partial charge < -0.3 is 15.0 Å². The van der Waals surface area contributed by atoms with Crippen LogP contribution in [0.1, 0.15) is 11.6 Å². The lowest BCUT2D eigenvalue weighted by Crippen LogP contribution is -3.06. The molecule has 1 atom stereocenters. The standard InChI is InChI=1S/C17H20N4OS/c1-21(2)14(12-6-4-5-7-15(12)22-3)10-18-16-13-8-9-23-17(13)20-11-19-16/h4-9,11,14H,10H2,1-3H3,(H,18,19,20)/p+1/t14-/m0/s1. The zero-order chi connectivity index (χ0) is 16.2. The lowest BCUT2D eigenvalue weighted by atomic mass is 10.0. The maximum absolute atomic E-state index is 5.52. The smallest absolute Gasteiger partial charge is 0.138 e. The summed E-state index contributed by atoms with van der Waals surface area (Å²) in [4.78, 5) is 11.0. The highest BCUT2D eigenvalue weighted by atomic mass is 32.1. The Bertz CT molecular complexity index is 787. The molecule has 0 aliphatic carbocycles. The first-order valence-corrected chi connectivity index (χ1v) is 8.43. The molecule has 5 nitrogen and oxygen atoms in total. The van der Waals surface area contributed by atoms with Crippen LogP contribution in [0.2, 0.25) is 0 Å². The van der Waals surface area contributed by atoms with Crippen LogP contribution in [0.4, 0.5) is 5.82 Å². The highest BCUT2D eigenvalue weighted by molar-refractivity contribution is 7.16. The van der Waals surface area contributed by atoms with Gasteiger partial charge in [0.2, 0.25) is 0 Å². The van der Waals surface area contributed by atoms with Crippen LogP contribution >= 0.6 is 11.3 Å². The van der Waals surface area contributed by atoms with Crippen LogP contribution in [0.25, 0.3) is 10.2 Å². The van der Waals surface area contributed by atoms with Crippen molar-refractivity contribution in [3.8, 4) is 5.75 Å². The van der Waals surface area contributed by atoms with Gasteiger partial charge in [-0.05, 0) is 23.6 Å². The highest BCUT2D eigenvalue weighted by Crippen LogP contribution is 2.26. The molecule has 1 aromatic carbocycles. The van der Waals surface area contributed by atoms with E-state index in [2.05, 4.69) is 47.6 Å². The molecule has 2 aromatic heterocycles. The Morgan fingerprint density at radius 1 is 1.22 bits per heavy atom. The maximum atomic E-state index is 5.52. The van der Waals surface area contributed by atoms with Crippen molar-refractivity contribution >= 4 is 27.4 Å². The molecule has 120 valence electrons. The van der Waals surface area contributed by atoms with Crippen molar-refractivity contribution in [2.45, 2.75) is 6.04 Å². The summed E-state index contributed by atoms with van der Waals surface area (Å²) in [6.07, 6.45) is 1.61. The summed E-state index contributed by atoms with van der Waals surface area (Å²) in [7, 11) is 6.02. The second kappa shape index (κ2) is 6.93. The van der Waals surface area contributed by atoms with E-state index in [1.165, 1.54) is 10.5 Å². The molecule has 0 spiro atoms. The summed E-state index contributed by atoms with van der Waals surface area (Å²) in [6.45, 7) is 0.769. The number of hydrogen-bond acceptors (Lipinski definition) is 5. The van der Waals surface area contributed by atoms with Crippen molar-refractivity contribution in [3.05, 3.63) is 47.6 Å². The van der Waals surface area contributed by atoms with Gasteiger partial charge in [0, 0.05) is 0 Å². The van der Waals surface area contributed by atoms with Crippen molar-refractivity contribution in [3.63, 3.8) is 0 Å². The summed E-state index contributed by atoms with van der Waals surface area (Å²) in [6, 6.07) is 10.5. The summed E-state index contributed by atoms with van der Waals surface area (Å²) < 4.78 is 5.52. The van der Waals surface area contributed by atoms with E-state index in [-0.39, 0.29) is 6.04 Å². The molecule has 0 bridgehead atoms. The molecule has 0 aliphatic heterocycles. The van der Waals surface area contributed by atoms with Crippen molar-refractivity contribution in [1.29, 1.82) is 0 Å². The fourth-order valence-electron chi connectivity index (χ4n) is 2.71. The number of hydrogen-bond donors (Lipinski definition) is 2. The van der Waals surface area contributed by atoms with E-state index in [1.54, 1.807) is 24.8 Å². The Morgan fingerprint density at radius 3 is 2.83 bits per heavy atom. The zero-order valence-corrected chi connectivity index (χ0v) is 14.4. The summed E-state index contributed by atoms with van der Waals surface area (Å²) in [5.41, 5.74) is 1.19. The molecule has 6 heteroatoms. The van der Waals surface area contributed by atoms with Gasteiger partial charge in [-0.1, -0.05) is 12.1 Å². The first-order chi connectivity index (χ1) is 11.2. The van der Waals surface area contributed by atoms with Crippen molar-refractivity contribution in [1.82, 2.24) is 9.97 Å². The number of benzene rings is 1. The number of thiophene rings is 1. The Kier molecular flexibility index (Phi) is 4.73. The number of para-hydroxylation sites is 1. The van der Waals surface area contributed by atoms with Gasteiger partial charge in [-0.3, -0.25) is 0 Å². The highest BCUT2D eigenvalue weighted by Gasteiger charge is 2.22.